The second-order valence-electron chi connectivity index (χ2n) is 2.79. The van der Waals surface area contributed by atoms with Crippen molar-refractivity contribution in [3.63, 3.8) is 0 Å². The molecule has 0 aliphatic rings. The molecule has 1 aromatic rings. The van der Waals surface area contributed by atoms with E-state index >= 15 is 0 Å². The third kappa shape index (κ3) is 2.63. The Balaban J connectivity index is 2.96. The normalized spacial score (nSPS) is 11.3. The average Bonchev–Trinajstić information content (AvgIpc) is 2.04. The number of nitrogen functional groups attached to an aromatic ring is 1. The van der Waals surface area contributed by atoms with Gasteiger partial charge in [0.25, 0.3) is 0 Å². The van der Waals surface area contributed by atoms with E-state index in [2.05, 4.69) is 0 Å². The van der Waals surface area contributed by atoms with Crippen LogP contribution in [-0.4, -0.2) is 11.1 Å². The van der Waals surface area contributed by atoms with Gasteiger partial charge in [-0.25, -0.2) is 4.79 Å². The molecule has 13 heavy (non-hydrogen) atoms. The summed E-state index contributed by atoms with van der Waals surface area (Å²) in [6.07, 6.45) is 1.17. The smallest absolute Gasteiger partial charge is 0.328 e. The molecule has 0 aromatic heterocycles. The molecule has 1 aromatic carbocycles. The monoisotopic (exact) mass is 177 g/mol. The molecular weight excluding hydrogens is 166 g/mol. The Morgan fingerprint density at radius 3 is 2.38 bits per heavy atom. The van der Waals surface area contributed by atoms with Gasteiger partial charge in [-0.3, -0.25) is 0 Å². The van der Waals surface area contributed by atoms with E-state index in [1.807, 2.05) is 0 Å². The molecule has 0 bridgehead atoms. The van der Waals surface area contributed by atoms with E-state index in [-0.39, 0.29) is 0 Å². The molecule has 0 atom stereocenters. The van der Waals surface area contributed by atoms with Crippen LogP contribution in [0.15, 0.2) is 30.3 Å². The molecule has 68 valence electrons. The van der Waals surface area contributed by atoms with E-state index in [0.29, 0.717) is 11.3 Å². The van der Waals surface area contributed by atoms with Gasteiger partial charge in [0.1, 0.15) is 0 Å². The first-order valence-corrected chi connectivity index (χ1v) is 3.87. The lowest BCUT2D eigenvalue weighted by atomic mass is 10.1. The van der Waals surface area contributed by atoms with Crippen molar-refractivity contribution >= 4 is 17.2 Å². The van der Waals surface area contributed by atoms with Crippen molar-refractivity contribution < 1.29 is 9.90 Å². The minimum Gasteiger partial charge on any atom is -0.478 e. The second-order valence-corrected chi connectivity index (χ2v) is 2.79. The summed E-state index contributed by atoms with van der Waals surface area (Å²) in [5.74, 6) is -0.936. The molecule has 0 saturated carbocycles. The molecule has 0 heterocycles. The Bertz CT molecular complexity index is 338. The summed E-state index contributed by atoms with van der Waals surface area (Å²) < 4.78 is 0. The maximum Gasteiger partial charge on any atom is 0.328 e. The lowest BCUT2D eigenvalue weighted by molar-refractivity contribution is -0.131. The maximum absolute atomic E-state index is 10.3. The van der Waals surface area contributed by atoms with Gasteiger partial charge in [0.05, 0.1) is 0 Å². The lowest BCUT2D eigenvalue weighted by Gasteiger charge is -2.00. The number of anilines is 1. The molecule has 3 nitrogen and oxygen atoms in total. The van der Waals surface area contributed by atoms with E-state index in [9.17, 15) is 4.79 Å². The molecule has 3 N–H and O–H groups in total. The van der Waals surface area contributed by atoms with E-state index in [1.54, 1.807) is 31.2 Å². The molecule has 0 fully saturated rings. The zero-order valence-corrected chi connectivity index (χ0v) is 7.32. The minimum absolute atomic E-state index is 0.673. The lowest BCUT2D eigenvalue weighted by Crippen LogP contribution is -1.90. The summed E-state index contributed by atoms with van der Waals surface area (Å²) >= 11 is 0. The fraction of sp³-hybridized carbons (Fsp3) is 0.100. The number of carboxylic acid groups (broad SMARTS) is 1. The highest BCUT2D eigenvalue weighted by Gasteiger charge is 1.97. The molecule has 0 spiro atoms. The molecule has 0 unspecified atom stereocenters. The topological polar surface area (TPSA) is 63.3 Å². The molecule has 0 aliphatic heterocycles. The molecule has 0 amide bonds. The van der Waals surface area contributed by atoms with Gasteiger partial charge in [0.15, 0.2) is 0 Å². The summed E-state index contributed by atoms with van der Waals surface area (Å²) in [6.45, 7) is 1.75. The van der Waals surface area contributed by atoms with E-state index < -0.39 is 5.97 Å². The standard InChI is InChI=1S/C10H11NO2/c1-7(6-10(12)13)8-2-4-9(11)5-3-8/h2-6H,11H2,1H3,(H,12,13). The molecular formula is C10H11NO2. The number of nitrogens with two attached hydrogens (primary N) is 1. The number of hydrogen-bond donors (Lipinski definition) is 2. The number of carbonyl (C=O) groups is 1. The second kappa shape index (κ2) is 3.76. The van der Waals surface area contributed by atoms with Crippen LogP contribution in [0.3, 0.4) is 0 Å². The number of hydrogen-bond acceptors (Lipinski definition) is 2. The van der Waals surface area contributed by atoms with Gasteiger partial charge in [-0.15, -0.1) is 0 Å². The first-order chi connectivity index (χ1) is 6.09. The highest BCUT2D eigenvalue weighted by molar-refractivity contribution is 5.89. The van der Waals surface area contributed by atoms with Crippen LogP contribution in [0.25, 0.3) is 5.57 Å². The van der Waals surface area contributed by atoms with Crippen LogP contribution >= 0.6 is 0 Å². The van der Waals surface area contributed by atoms with Gasteiger partial charge in [0, 0.05) is 11.8 Å². The molecule has 0 radical (unpaired) electrons. The van der Waals surface area contributed by atoms with Crippen molar-refractivity contribution in [1.82, 2.24) is 0 Å². The van der Waals surface area contributed by atoms with Crippen LogP contribution in [0.4, 0.5) is 5.69 Å². The maximum atomic E-state index is 10.3. The number of benzene rings is 1. The summed E-state index contributed by atoms with van der Waals surface area (Å²) in [5, 5.41) is 8.50. The van der Waals surface area contributed by atoms with E-state index in [4.69, 9.17) is 10.8 Å². The van der Waals surface area contributed by atoms with Gasteiger partial charge in [-0.05, 0) is 30.2 Å². The quantitative estimate of drug-likeness (QED) is 0.534. The minimum atomic E-state index is -0.936. The SMILES string of the molecule is CC(=CC(=O)O)c1ccc(N)cc1. The Morgan fingerprint density at radius 2 is 1.92 bits per heavy atom. The van der Waals surface area contributed by atoms with Gasteiger partial charge >= 0.3 is 5.97 Å². The van der Waals surface area contributed by atoms with Crippen molar-refractivity contribution in [3.8, 4) is 0 Å². The summed E-state index contributed by atoms with van der Waals surface area (Å²) in [4.78, 5) is 10.3. The van der Waals surface area contributed by atoms with Crippen LogP contribution in [0.1, 0.15) is 12.5 Å². The third-order valence-electron chi connectivity index (χ3n) is 1.71. The number of rotatable bonds is 2. The summed E-state index contributed by atoms with van der Waals surface area (Å²) in [6, 6.07) is 7.08. The first kappa shape index (κ1) is 9.32. The molecule has 1 rings (SSSR count). The van der Waals surface area contributed by atoms with Crippen molar-refractivity contribution in [2.45, 2.75) is 6.92 Å². The van der Waals surface area contributed by atoms with Crippen molar-refractivity contribution in [1.29, 1.82) is 0 Å². The van der Waals surface area contributed by atoms with Crippen LogP contribution in [0.2, 0.25) is 0 Å². The summed E-state index contributed by atoms with van der Waals surface area (Å²) in [5.41, 5.74) is 7.75. The summed E-state index contributed by atoms with van der Waals surface area (Å²) in [7, 11) is 0. The molecule has 0 saturated heterocycles. The van der Waals surface area contributed by atoms with Gasteiger partial charge < -0.3 is 10.8 Å². The Morgan fingerprint density at radius 1 is 1.38 bits per heavy atom. The van der Waals surface area contributed by atoms with Crippen molar-refractivity contribution in [2.75, 3.05) is 5.73 Å². The first-order valence-electron chi connectivity index (χ1n) is 3.87. The fourth-order valence-electron chi connectivity index (χ4n) is 1.01. The molecule has 3 heteroatoms. The predicted octanol–water partition coefficient (Wildman–Crippen LogP) is 1.76. The predicted molar refractivity (Wildman–Crippen MR) is 52.1 cm³/mol. The number of carboxylic acids is 1. The van der Waals surface area contributed by atoms with E-state index in [0.717, 1.165) is 5.56 Å². The Hall–Kier alpha value is -1.77. The van der Waals surface area contributed by atoms with Crippen LogP contribution in [-0.2, 0) is 4.79 Å². The Kier molecular flexibility index (Phi) is 2.69. The fourth-order valence-corrected chi connectivity index (χ4v) is 1.01. The highest BCUT2D eigenvalue weighted by Crippen LogP contribution is 2.14. The largest absolute Gasteiger partial charge is 0.478 e. The van der Waals surface area contributed by atoms with Gasteiger partial charge in [-0.2, -0.15) is 0 Å². The Labute approximate surface area is 76.5 Å². The zero-order valence-electron chi connectivity index (χ0n) is 7.32. The van der Waals surface area contributed by atoms with Gasteiger partial charge in [0.2, 0.25) is 0 Å². The van der Waals surface area contributed by atoms with Crippen LogP contribution < -0.4 is 5.73 Å². The van der Waals surface area contributed by atoms with Crippen LogP contribution in [0, 0.1) is 0 Å². The number of aliphatic carboxylic acids is 1. The van der Waals surface area contributed by atoms with Crippen LogP contribution in [0.5, 0.6) is 0 Å². The third-order valence-corrected chi connectivity index (χ3v) is 1.71. The number of allylic oxidation sites excluding steroid dienone is 1. The van der Waals surface area contributed by atoms with E-state index in [1.165, 1.54) is 6.08 Å². The average molecular weight is 177 g/mol. The molecule has 0 aliphatic carbocycles. The van der Waals surface area contributed by atoms with Gasteiger partial charge in [-0.1, -0.05) is 12.1 Å². The zero-order chi connectivity index (χ0) is 9.84. The van der Waals surface area contributed by atoms with Crippen molar-refractivity contribution in [3.05, 3.63) is 35.9 Å². The highest BCUT2D eigenvalue weighted by atomic mass is 16.4. The van der Waals surface area contributed by atoms with Crippen molar-refractivity contribution in [2.24, 2.45) is 0 Å².